The molecule has 35 heavy (non-hydrogen) atoms. The highest BCUT2D eigenvalue weighted by atomic mass is 32.2. The highest BCUT2D eigenvalue weighted by Crippen LogP contribution is 2.32. The maximum absolute atomic E-state index is 13.1. The molecule has 186 valence electrons. The number of nitrogens with one attached hydrogen (secondary N) is 1. The third-order valence-electron chi connectivity index (χ3n) is 6.31. The third kappa shape index (κ3) is 5.01. The summed E-state index contributed by atoms with van der Waals surface area (Å²) in [6, 6.07) is 11.1. The van der Waals surface area contributed by atoms with E-state index in [0.717, 1.165) is 31.6 Å². The molecular formula is C24H29N5O5S. The van der Waals surface area contributed by atoms with E-state index in [1.54, 1.807) is 48.9 Å². The minimum Gasteiger partial charge on any atom is -0.370 e. The number of hydrogen-bond acceptors (Lipinski definition) is 6. The zero-order valence-corrected chi connectivity index (χ0v) is 20.6. The summed E-state index contributed by atoms with van der Waals surface area (Å²) < 4.78 is 29.3. The fourth-order valence-corrected chi connectivity index (χ4v) is 5.99. The Bertz CT molecular complexity index is 1360. The van der Waals surface area contributed by atoms with Gasteiger partial charge in [-0.1, -0.05) is 13.8 Å². The molecule has 1 amide bonds. The molecule has 2 aromatic carbocycles. The van der Waals surface area contributed by atoms with E-state index in [1.807, 2.05) is 0 Å². The van der Waals surface area contributed by atoms with Crippen molar-refractivity contribution in [2.75, 3.05) is 36.4 Å². The van der Waals surface area contributed by atoms with Gasteiger partial charge >= 0.3 is 0 Å². The first kappa shape index (κ1) is 24.7. The molecular weight excluding hydrogens is 470 g/mol. The maximum Gasteiger partial charge on any atom is 0.270 e. The van der Waals surface area contributed by atoms with Gasteiger partial charge in [0.2, 0.25) is 15.9 Å². The number of nitrogens with zero attached hydrogens (tertiary/aromatic N) is 4. The monoisotopic (exact) mass is 499 g/mol. The number of benzene rings is 2. The van der Waals surface area contributed by atoms with Crippen molar-refractivity contribution in [1.29, 1.82) is 0 Å². The van der Waals surface area contributed by atoms with Gasteiger partial charge in [0.1, 0.15) is 6.54 Å². The predicted octanol–water partition coefficient (Wildman–Crippen LogP) is 3.82. The Hall–Kier alpha value is -3.44. The number of carbonyl (C=O) groups is 1. The van der Waals surface area contributed by atoms with Crippen molar-refractivity contribution in [2.24, 2.45) is 0 Å². The Morgan fingerprint density at radius 2 is 1.80 bits per heavy atom. The molecule has 0 aliphatic carbocycles. The number of amides is 1. The van der Waals surface area contributed by atoms with E-state index in [0.29, 0.717) is 29.7 Å². The normalized spacial score (nSPS) is 14.1. The van der Waals surface area contributed by atoms with E-state index in [9.17, 15) is 23.3 Å². The van der Waals surface area contributed by atoms with Crippen LogP contribution in [0.2, 0.25) is 0 Å². The molecule has 1 aliphatic heterocycles. The van der Waals surface area contributed by atoms with Crippen LogP contribution in [0.1, 0.15) is 26.7 Å². The molecule has 1 fully saturated rings. The molecule has 11 heteroatoms. The first-order valence-electron chi connectivity index (χ1n) is 11.7. The van der Waals surface area contributed by atoms with Crippen LogP contribution < -0.4 is 10.2 Å². The molecule has 0 bridgehead atoms. The van der Waals surface area contributed by atoms with Crippen LogP contribution in [0.3, 0.4) is 0 Å². The highest BCUT2D eigenvalue weighted by Gasteiger charge is 2.25. The van der Waals surface area contributed by atoms with Gasteiger partial charge < -0.3 is 14.8 Å². The molecule has 1 saturated heterocycles. The minimum absolute atomic E-state index is 0.0128. The number of carbonyl (C=O) groups excluding carboxylic acids is 1. The van der Waals surface area contributed by atoms with Crippen molar-refractivity contribution in [1.82, 2.24) is 8.87 Å². The molecule has 2 heterocycles. The molecule has 0 saturated carbocycles. The molecule has 10 nitrogen and oxygen atoms in total. The average molecular weight is 500 g/mol. The summed E-state index contributed by atoms with van der Waals surface area (Å²) in [5.41, 5.74) is 1.93. The number of nitro groups is 1. The third-order valence-corrected chi connectivity index (χ3v) is 8.36. The number of rotatable bonds is 9. The van der Waals surface area contributed by atoms with Crippen LogP contribution in [0, 0.1) is 10.1 Å². The van der Waals surface area contributed by atoms with E-state index >= 15 is 0 Å². The van der Waals surface area contributed by atoms with Crippen molar-refractivity contribution in [3.63, 3.8) is 0 Å². The lowest BCUT2D eigenvalue weighted by Crippen LogP contribution is -2.31. The van der Waals surface area contributed by atoms with Gasteiger partial charge in [0.05, 0.1) is 21.2 Å². The number of aromatic nitrogens is 1. The van der Waals surface area contributed by atoms with Crippen molar-refractivity contribution in [3.8, 4) is 0 Å². The van der Waals surface area contributed by atoms with Crippen LogP contribution in [-0.4, -0.2) is 54.3 Å². The average Bonchev–Trinajstić information content (AvgIpc) is 3.50. The van der Waals surface area contributed by atoms with Crippen LogP contribution >= 0.6 is 0 Å². The van der Waals surface area contributed by atoms with Gasteiger partial charge in [-0.2, -0.15) is 4.31 Å². The van der Waals surface area contributed by atoms with Gasteiger partial charge in [0.25, 0.3) is 5.69 Å². The number of anilines is 2. The van der Waals surface area contributed by atoms with E-state index in [4.69, 9.17) is 0 Å². The van der Waals surface area contributed by atoms with Crippen LogP contribution in [0.15, 0.2) is 53.6 Å². The molecule has 0 atom stereocenters. The second-order valence-corrected chi connectivity index (χ2v) is 10.4. The van der Waals surface area contributed by atoms with Crippen molar-refractivity contribution in [2.45, 2.75) is 38.1 Å². The lowest BCUT2D eigenvalue weighted by Gasteiger charge is -2.24. The lowest BCUT2D eigenvalue weighted by molar-refractivity contribution is -0.384. The summed E-state index contributed by atoms with van der Waals surface area (Å²) in [6.45, 7) is 5.95. The van der Waals surface area contributed by atoms with E-state index in [2.05, 4.69) is 10.2 Å². The number of non-ortho nitro benzene ring substituents is 1. The van der Waals surface area contributed by atoms with E-state index in [-0.39, 0.29) is 23.0 Å². The van der Waals surface area contributed by atoms with Gasteiger partial charge in [0.15, 0.2) is 0 Å². The van der Waals surface area contributed by atoms with E-state index in [1.165, 1.54) is 22.5 Å². The van der Waals surface area contributed by atoms with Crippen molar-refractivity contribution < 1.29 is 18.1 Å². The topological polar surface area (TPSA) is 118 Å². The van der Waals surface area contributed by atoms with Crippen LogP contribution in [-0.2, 0) is 21.4 Å². The standard InChI is InChI=1S/C24H29N5O5S/c1-3-28(4-2)35(33,34)20-8-10-23(26-12-5-6-13-26)21(16-20)25-24(30)17-27-14-11-18-15-19(29(31)32)7-9-22(18)27/h7-11,14-16H,3-6,12-13,17H2,1-2H3,(H,25,30). The smallest absolute Gasteiger partial charge is 0.270 e. The summed E-state index contributed by atoms with van der Waals surface area (Å²) in [6.07, 6.45) is 3.78. The number of nitro benzene ring substituents is 1. The van der Waals surface area contributed by atoms with Gasteiger partial charge in [-0.15, -0.1) is 0 Å². The first-order chi connectivity index (χ1) is 16.7. The van der Waals surface area contributed by atoms with E-state index < -0.39 is 14.9 Å². The van der Waals surface area contributed by atoms with Crippen molar-refractivity contribution >= 4 is 43.9 Å². The lowest BCUT2D eigenvalue weighted by atomic mass is 10.2. The summed E-state index contributed by atoms with van der Waals surface area (Å²) in [7, 11) is -3.69. The molecule has 1 aliphatic rings. The molecule has 1 N–H and O–H groups in total. The Labute approximate surface area is 204 Å². The first-order valence-corrected chi connectivity index (χ1v) is 13.1. The highest BCUT2D eigenvalue weighted by molar-refractivity contribution is 7.89. The number of hydrogen-bond donors (Lipinski definition) is 1. The SMILES string of the molecule is CCN(CC)S(=O)(=O)c1ccc(N2CCCC2)c(NC(=O)Cn2ccc3cc([N+](=O)[O-])ccc32)c1. The quantitative estimate of drug-likeness (QED) is 0.353. The fraction of sp³-hybridized carbons (Fsp3) is 0.375. The maximum atomic E-state index is 13.1. The van der Waals surface area contributed by atoms with Crippen molar-refractivity contribution in [3.05, 3.63) is 58.8 Å². The molecule has 0 unspecified atom stereocenters. The van der Waals surface area contributed by atoms with Crippen LogP contribution in [0.4, 0.5) is 17.1 Å². The molecule has 0 radical (unpaired) electrons. The van der Waals surface area contributed by atoms with Crippen LogP contribution in [0.5, 0.6) is 0 Å². The van der Waals surface area contributed by atoms with Gasteiger partial charge in [-0.3, -0.25) is 14.9 Å². The summed E-state index contributed by atoms with van der Waals surface area (Å²) in [5, 5.41) is 14.6. The molecule has 1 aromatic heterocycles. The molecule has 0 spiro atoms. The zero-order valence-electron chi connectivity index (χ0n) is 19.8. The van der Waals surface area contributed by atoms with Gasteiger partial charge in [0, 0.05) is 55.4 Å². The molecule has 3 aromatic rings. The minimum atomic E-state index is -3.69. The Morgan fingerprint density at radius 3 is 2.46 bits per heavy atom. The second kappa shape index (κ2) is 10.0. The zero-order chi connectivity index (χ0) is 25.2. The Morgan fingerprint density at radius 1 is 1.09 bits per heavy atom. The summed E-state index contributed by atoms with van der Waals surface area (Å²) in [5.74, 6) is -0.321. The fourth-order valence-electron chi connectivity index (χ4n) is 4.51. The van der Waals surface area contributed by atoms with Gasteiger partial charge in [-0.25, -0.2) is 8.42 Å². The van der Waals surface area contributed by atoms with Crippen LogP contribution in [0.25, 0.3) is 10.9 Å². The Kier molecular flexibility index (Phi) is 7.08. The number of sulfonamides is 1. The largest absolute Gasteiger partial charge is 0.370 e. The Balaban J connectivity index is 1.63. The summed E-state index contributed by atoms with van der Waals surface area (Å²) in [4.78, 5) is 25.9. The summed E-state index contributed by atoms with van der Waals surface area (Å²) >= 11 is 0. The molecule has 4 rings (SSSR count). The van der Waals surface area contributed by atoms with Gasteiger partial charge in [-0.05, 0) is 43.2 Å². The number of fused-ring (bicyclic) bond motifs is 1. The predicted molar refractivity (Wildman–Crippen MR) is 135 cm³/mol. The second-order valence-electron chi connectivity index (χ2n) is 8.45.